The third-order valence-electron chi connectivity index (χ3n) is 3.98. The molecule has 0 amide bonds. The Morgan fingerprint density at radius 3 is 2.70 bits per heavy atom. The highest BCUT2D eigenvalue weighted by molar-refractivity contribution is 5.65. The minimum Gasteiger partial charge on any atom is -0.389 e. The highest BCUT2D eigenvalue weighted by Gasteiger charge is 2.26. The second-order valence-corrected chi connectivity index (χ2v) is 5.46. The Kier molecular flexibility index (Phi) is 4.25. The monoisotopic (exact) mass is 279 g/mol. The lowest BCUT2D eigenvalue weighted by molar-refractivity contribution is -0.384. The number of hydrogen-bond donors (Lipinski definition) is 1. The predicted octanol–water partition coefficient (Wildman–Crippen LogP) is 1.79. The first-order valence-corrected chi connectivity index (χ1v) is 6.81. The van der Waals surface area contributed by atoms with Crippen LogP contribution < -0.4 is 4.90 Å². The van der Waals surface area contributed by atoms with E-state index in [-0.39, 0.29) is 10.6 Å². The van der Waals surface area contributed by atoms with E-state index in [4.69, 9.17) is 0 Å². The maximum absolute atomic E-state index is 11.3. The van der Waals surface area contributed by atoms with Gasteiger partial charge in [-0.05, 0) is 32.5 Å². The van der Waals surface area contributed by atoms with Gasteiger partial charge in [0.05, 0.1) is 11.0 Å². The lowest BCUT2D eigenvalue weighted by Gasteiger charge is -2.38. The molecule has 1 aromatic rings. The maximum atomic E-state index is 11.3. The Morgan fingerprint density at radius 2 is 2.15 bits per heavy atom. The second kappa shape index (κ2) is 5.76. The fourth-order valence-electron chi connectivity index (χ4n) is 2.48. The number of benzene rings is 1. The van der Waals surface area contributed by atoms with Gasteiger partial charge in [0.2, 0.25) is 0 Å². The van der Waals surface area contributed by atoms with E-state index >= 15 is 0 Å². The molecule has 2 atom stereocenters. The third kappa shape index (κ3) is 2.91. The van der Waals surface area contributed by atoms with Crippen LogP contribution in [0.5, 0.6) is 0 Å². The molecular formula is C14H21N3O3. The van der Waals surface area contributed by atoms with Crippen LogP contribution in [0.3, 0.4) is 0 Å². The summed E-state index contributed by atoms with van der Waals surface area (Å²) in [6, 6.07) is 5.34. The van der Waals surface area contributed by atoms with Crippen molar-refractivity contribution in [3.05, 3.63) is 33.9 Å². The van der Waals surface area contributed by atoms with Gasteiger partial charge in [0.15, 0.2) is 0 Å². The van der Waals surface area contributed by atoms with E-state index in [2.05, 4.69) is 23.8 Å². The van der Waals surface area contributed by atoms with Gasteiger partial charge in [0, 0.05) is 31.7 Å². The molecule has 1 fully saturated rings. The topological polar surface area (TPSA) is 69.8 Å². The first-order valence-electron chi connectivity index (χ1n) is 6.81. The van der Waals surface area contributed by atoms with Crippen LogP contribution in [0.1, 0.15) is 25.5 Å². The Bertz CT molecular complexity index is 504. The molecule has 0 bridgehead atoms. The van der Waals surface area contributed by atoms with Gasteiger partial charge in [-0.1, -0.05) is 6.07 Å². The predicted molar refractivity (Wildman–Crippen MR) is 78.0 cm³/mol. The number of rotatable bonds is 3. The number of likely N-dealkylation sites (N-methyl/N-ethyl adjacent to an activating group) is 1. The summed E-state index contributed by atoms with van der Waals surface area (Å²) in [7, 11) is 2.06. The third-order valence-corrected chi connectivity index (χ3v) is 3.98. The van der Waals surface area contributed by atoms with E-state index in [9.17, 15) is 15.2 Å². The largest absolute Gasteiger partial charge is 0.389 e. The molecular weight excluding hydrogens is 258 g/mol. The Hall–Kier alpha value is -1.66. The molecule has 0 aromatic heterocycles. The fraction of sp³-hybridized carbons (Fsp3) is 0.571. The normalized spacial score (nSPS) is 21.8. The van der Waals surface area contributed by atoms with Crippen LogP contribution in [-0.4, -0.2) is 47.7 Å². The number of piperazine rings is 1. The van der Waals surface area contributed by atoms with Gasteiger partial charge in [0.1, 0.15) is 5.69 Å². The van der Waals surface area contributed by atoms with Crippen LogP contribution in [-0.2, 0) is 0 Å². The van der Waals surface area contributed by atoms with Crippen LogP contribution in [0, 0.1) is 10.1 Å². The molecule has 2 unspecified atom stereocenters. The number of nitro groups is 1. The van der Waals surface area contributed by atoms with Gasteiger partial charge in [0.25, 0.3) is 5.69 Å². The van der Waals surface area contributed by atoms with Crippen LogP contribution in [0.25, 0.3) is 0 Å². The van der Waals surface area contributed by atoms with Crippen molar-refractivity contribution in [1.82, 2.24) is 4.90 Å². The number of aliphatic hydroxyl groups excluding tert-OH is 1. The number of anilines is 1. The highest BCUT2D eigenvalue weighted by Crippen LogP contribution is 2.32. The molecule has 1 aliphatic heterocycles. The Labute approximate surface area is 118 Å². The average Bonchev–Trinajstić information content (AvgIpc) is 2.41. The molecule has 1 saturated heterocycles. The van der Waals surface area contributed by atoms with Crippen molar-refractivity contribution in [2.24, 2.45) is 0 Å². The van der Waals surface area contributed by atoms with Gasteiger partial charge in [-0.15, -0.1) is 0 Å². The molecule has 20 heavy (non-hydrogen) atoms. The maximum Gasteiger partial charge on any atom is 0.292 e. The van der Waals surface area contributed by atoms with Gasteiger partial charge in [-0.25, -0.2) is 0 Å². The van der Waals surface area contributed by atoms with E-state index in [0.717, 1.165) is 19.6 Å². The second-order valence-electron chi connectivity index (χ2n) is 5.46. The number of nitrogens with zero attached hydrogens (tertiary/aromatic N) is 3. The molecule has 2 rings (SSSR count). The molecule has 1 N–H and O–H groups in total. The Balaban J connectivity index is 2.33. The van der Waals surface area contributed by atoms with Crippen molar-refractivity contribution in [3.8, 4) is 0 Å². The van der Waals surface area contributed by atoms with E-state index in [1.54, 1.807) is 19.1 Å². The highest BCUT2D eigenvalue weighted by atomic mass is 16.6. The zero-order chi connectivity index (χ0) is 14.9. The Morgan fingerprint density at radius 1 is 1.45 bits per heavy atom. The number of aliphatic hydroxyl groups is 1. The lowest BCUT2D eigenvalue weighted by Crippen LogP contribution is -2.50. The molecule has 0 saturated carbocycles. The van der Waals surface area contributed by atoms with E-state index in [0.29, 0.717) is 17.3 Å². The van der Waals surface area contributed by atoms with Crippen molar-refractivity contribution in [2.45, 2.75) is 26.0 Å². The summed E-state index contributed by atoms with van der Waals surface area (Å²) in [5, 5.41) is 20.8. The zero-order valence-electron chi connectivity index (χ0n) is 12.1. The zero-order valence-corrected chi connectivity index (χ0v) is 12.1. The van der Waals surface area contributed by atoms with Crippen molar-refractivity contribution in [2.75, 3.05) is 31.6 Å². The lowest BCUT2D eigenvalue weighted by atomic mass is 10.1. The van der Waals surface area contributed by atoms with Gasteiger partial charge in [-0.2, -0.15) is 0 Å². The van der Waals surface area contributed by atoms with E-state index < -0.39 is 6.10 Å². The smallest absolute Gasteiger partial charge is 0.292 e. The summed E-state index contributed by atoms with van der Waals surface area (Å²) in [5.41, 5.74) is 1.28. The van der Waals surface area contributed by atoms with Gasteiger partial charge < -0.3 is 14.9 Å². The van der Waals surface area contributed by atoms with Crippen LogP contribution in [0.15, 0.2) is 18.2 Å². The number of hydrogen-bond acceptors (Lipinski definition) is 5. The fourth-order valence-corrected chi connectivity index (χ4v) is 2.48. The molecule has 0 aliphatic carbocycles. The van der Waals surface area contributed by atoms with Crippen LogP contribution in [0.2, 0.25) is 0 Å². The molecule has 6 heteroatoms. The molecule has 1 aliphatic rings. The first-order chi connectivity index (χ1) is 9.40. The van der Waals surface area contributed by atoms with Gasteiger partial charge in [-0.3, -0.25) is 10.1 Å². The molecule has 0 radical (unpaired) electrons. The van der Waals surface area contributed by atoms with E-state index in [1.807, 2.05) is 0 Å². The number of nitro benzene ring substituents is 1. The molecule has 1 heterocycles. The van der Waals surface area contributed by atoms with Crippen LogP contribution >= 0.6 is 0 Å². The summed E-state index contributed by atoms with van der Waals surface area (Å²) < 4.78 is 0. The summed E-state index contributed by atoms with van der Waals surface area (Å²) in [6.07, 6.45) is -0.700. The van der Waals surface area contributed by atoms with Gasteiger partial charge >= 0.3 is 0 Å². The van der Waals surface area contributed by atoms with E-state index in [1.165, 1.54) is 6.07 Å². The molecule has 1 aromatic carbocycles. The summed E-state index contributed by atoms with van der Waals surface area (Å²) >= 11 is 0. The summed E-state index contributed by atoms with van der Waals surface area (Å²) in [6.45, 7) is 6.15. The minimum absolute atomic E-state index is 0.0696. The van der Waals surface area contributed by atoms with Crippen molar-refractivity contribution >= 4 is 11.4 Å². The standard InChI is InChI=1S/C14H21N3O3/c1-10-9-16(7-6-15(10)3)13-5-4-12(11(2)18)8-14(13)17(19)20/h4-5,8,10-11,18H,6-7,9H2,1-3H3. The SMILES string of the molecule is CC(O)c1ccc(N2CCN(C)C(C)C2)c([N+](=O)[O-])c1. The summed E-state index contributed by atoms with van der Waals surface area (Å²) in [4.78, 5) is 15.2. The van der Waals surface area contributed by atoms with Crippen molar-refractivity contribution < 1.29 is 10.0 Å². The average molecular weight is 279 g/mol. The quantitative estimate of drug-likeness (QED) is 0.674. The first kappa shape index (κ1) is 14.7. The molecule has 110 valence electrons. The van der Waals surface area contributed by atoms with Crippen LogP contribution in [0.4, 0.5) is 11.4 Å². The summed E-state index contributed by atoms with van der Waals surface area (Å²) in [5.74, 6) is 0. The molecule has 6 nitrogen and oxygen atoms in total. The van der Waals surface area contributed by atoms with Crippen molar-refractivity contribution in [3.63, 3.8) is 0 Å². The van der Waals surface area contributed by atoms with Crippen molar-refractivity contribution in [1.29, 1.82) is 0 Å². The molecule has 0 spiro atoms. The minimum atomic E-state index is -0.700.